The zero-order valence-corrected chi connectivity index (χ0v) is 15.9. The van der Waals surface area contributed by atoms with Crippen LogP contribution in [0.15, 0.2) is 24.3 Å². The summed E-state index contributed by atoms with van der Waals surface area (Å²) in [4.78, 5) is 31.7. The second-order valence-corrected chi connectivity index (χ2v) is 7.36. The molecular weight excluding hydrogens is 328 g/mol. The first-order valence-electron chi connectivity index (χ1n) is 9.65. The quantitative estimate of drug-likeness (QED) is 0.857. The Morgan fingerprint density at radius 3 is 2.65 bits per heavy atom. The lowest BCUT2D eigenvalue weighted by atomic mass is 10.1. The van der Waals surface area contributed by atoms with Gasteiger partial charge in [-0.2, -0.15) is 0 Å². The van der Waals surface area contributed by atoms with Crippen LogP contribution >= 0.6 is 0 Å². The van der Waals surface area contributed by atoms with Crippen molar-refractivity contribution in [1.29, 1.82) is 0 Å². The Morgan fingerprint density at radius 2 is 1.88 bits per heavy atom. The standard InChI is InChI=1S/C20H30N4O2/c1-16(20(26)21-10-11-23-14-12-22(2)13-15-23)24-18-8-4-3-6-17(18)7-5-9-19(24)25/h3-4,6,8,16H,5,7,9-15H2,1-2H3,(H,21,26). The number of nitrogens with one attached hydrogen (secondary N) is 1. The summed E-state index contributed by atoms with van der Waals surface area (Å²) < 4.78 is 0. The highest BCUT2D eigenvalue weighted by Crippen LogP contribution is 2.28. The number of fused-ring (bicyclic) bond motifs is 1. The van der Waals surface area contributed by atoms with E-state index < -0.39 is 6.04 Å². The molecule has 26 heavy (non-hydrogen) atoms. The van der Waals surface area contributed by atoms with Crippen molar-refractivity contribution in [2.75, 3.05) is 51.2 Å². The number of amides is 2. The van der Waals surface area contributed by atoms with Crippen LogP contribution < -0.4 is 10.2 Å². The van der Waals surface area contributed by atoms with Crippen LogP contribution in [0.4, 0.5) is 5.69 Å². The number of likely N-dealkylation sites (N-methyl/N-ethyl adjacent to an activating group) is 1. The molecule has 1 aromatic rings. The van der Waals surface area contributed by atoms with Gasteiger partial charge in [-0.1, -0.05) is 18.2 Å². The van der Waals surface area contributed by atoms with Crippen LogP contribution in [0.2, 0.25) is 0 Å². The minimum Gasteiger partial charge on any atom is -0.353 e. The first-order chi connectivity index (χ1) is 12.6. The molecule has 1 fully saturated rings. The summed E-state index contributed by atoms with van der Waals surface area (Å²) in [7, 11) is 2.14. The van der Waals surface area contributed by atoms with Gasteiger partial charge < -0.3 is 10.2 Å². The van der Waals surface area contributed by atoms with E-state index in [1.807, 2.05) is 25.1 Å². The summed E-state index contributed by atoms with van der Waals surface area (Å²) in [6, 6.07) is 7.44. The predicted molar refractivity (Wildman–Crippen MR) is 103 cm³/mol. The lowest BCUT2D eigenvalue weighted by Gasteiger charge is -2.32. The molecule has 2 aliphatic heterocycles. The van der Waals surface area contributed by atoms with E-state index in [1.54, 1.807) is 4.90 Å². The van der Waals surface area contributed by atoms with Gasteiger partial charge in [-0.15, -0.1) is 0 Å². The molecule has 3 rings (SSSR count). The second kappa shape index (κ2) is 8.64. The summed E-state index contributed by atoms with van der Waals surface area (Å²) in [5.74, 6) is -0.0409. The Labute approximate surface area is 156 Å². The number of hydrogen-bond donors (Lipinski definition) is 1. The van der Waals surface area contributed by atoms with E-state index in [0.29, 0.717) is 13.0 Å². The molecule has 1 N–H and O–H groups in total. The SMILES string of the molecule is CC(C(=O)NCCN1CCN(C)CC1)N1C(=O)CCCc2ccccc21. The maximum absolute atomic E-state index is 12.7. The first-order valence-corrected chi connectivity index (χ1v) is 9.65. The Balaban J connectivity index is 1.58. The molecule has 2 aliphatic rings. The largest absolute Gasteiger partial charge is 0.353 e. The molecule has 1 atom stereocenters. The third-order valence-corrected chi connectivity index (χ3v) is 5.45. The Bertz CT molecular complexity index is 640. The molecule has 1 saturated heterocycles. The van der Waals surface area contributed by atoms with E-state index >= 15 is 0 Å². The fraction of sp³-hybridized carbons (Fsp3) is 0.600. The molecule has 0 aliphatic carbocycles. The Kier molecular flexibility index (Phi) is 6.27. The predicted octanol–water partition coefficient (Wildman–Crippen LogP) is 1.11. The smallest absolute Gasteiger partial charge is 0.242 e. The van der Waals surface area contributed by atoms with Gasteiger partial charge in [0.1, 0.15) is 6.04 Å². The van der Waals surface area contributed by atoms with Crippen LogP contribution in [-0.2, 0) is 16.0 Å². The van der Waals surface area contributed by atoms with Crippen LogP contribution in [0.3, 0.4) is 0 Å². The number of benzene rings is 1. The number of anilines is 1. The molecule has 0 aromatic heterocycles. The van der Waals surface area contributed by atoms with E-state index in [9.17, 15) is 9.59 Å². The zero-order chi connectivity index (χ0) is 18.5. The fourth-order valence-corrected chi connectivity index (χ4v) is 3.74. The van der Waals surface area contributed by atoms with Crippen LogP contribution in [-0.4, -0.2) is 74.0 Å². The molecule has 0 spiro atoms. The number of nitrogens with zero attached hydrogens (tertiary/aromatic N) is 3. The molecular formula is C20H30N4O2. The number of piperazine rings is 1. The van der Waals surface area contributed by atoms with Crippen molar-refractivity contribution < 1.29 is 9.59 Å². The number of rotatable bonds is 5. The molecule has 0 saturated carbocycles. The van der Waals surface area contributed by atoms with Crippen molar-refractivity contribution in [3.05, 3.63) is 29.8 Å². The molecule has 0 bridgehead atoms. The zero-order valence-electron chi connectivity index (χ0n) is 15.9. The summed E-state index contributed by atoms with van der Waals surface area (Å²) >= 11 is 0. The van der Waals surface area contributed by atoms with Gasteiger partial charge in [0.05, 0.1) is 0 Å². The van der Waals surface area contributed by atoms with Crippen molar-refractivity contribution in [3.8, 4) is 0 Å². The Hall–Kier alpha value is -1.92. The highest BCUT2D eigenvalue weighted by Gasteiger charge is 2.30. The average Bonchev–Trinajstić information content (AvgIpc) is 2.81. The topological polar surface area (TPSA) is 55.9 Å². The summed E-state index contributed by atoms with van der Waals surface area (Å²) in [6.45, 7) is 7.53. The molecule has 1 unspecified atom stereocenters. The highest BCUT2D eigenvalue weighted by molar-refractivity contribution is 6.01. The fourth-order valence-electron chi connectivity index (χ4n) is 3.74. The lowest BCUT2D eigenvalue weighted by Crippen LogP contribution is -2.51. The molecule has 6 nitrogen and oxygen atoms in total. The van der Waals surface area contributed by atoms with E-state index in [1.165, 1.54) is 0 Å². The van der Waals surface area contributed by atoms with Gasteiger partial charge in [-0.25, -0.2) is 0 Å². The third kappa shape index (κ3) is 4.43. The van der Waals surface area contributed by atoms with Gasteiger partial charge >= 0.3 is 0 Å². The third-order valence-electron chi connectivity index (χ3n) is 5.45. The number of carbonyl (C=O) groups excluding carboxylic acids is 2. The first kappa shape index (κ1) is 18.9. The van der Waals surface area contributed by atoms with E-state index in [0.717, 1.165) is 56.8 Å². The van der Waals surface area contributed by atoms with Crippen LogP contribution in [0.25, 0.3) is 0 Å². The van der Waals surface area contributed by atoms with Gasteiger partial charge in [0.15, 0.2) is 0 Å². The minimum absolute atomic E-state index is 0.0386. The van der Waals surface area contributed by atoms with Gasteiger partial charge in [0.25, 0.3) is 0 Å². The van der Waals surface area contributed by atoms with Gasteiger partial charge in [-0.3, -0.25) is 19.4 Å². The number of carbonyl (C=O) groups is 2. The summed E-state index contributed by atoms with van der Waals surface area (Å²) in [5.41, 5.74) is 2.03. The summed E-state index contributed by atoms with van der Waals surface area (Å²) in [5, 5.41) is 3.02. The van der Waals surface area contributed by atoms with Crippen LogP contribution in [0.1, 0.15) is 25.3 Å². The number of aryl methyl sites for hydroxylation is 1. The monoisotopic (exact) mass is 358 g/mol. The lowest BCUT2D eigenvalue weighted by molar-refractivity contribution is -0.126. The van der Waals surface area contributed by atoms with Crippen molar-refractivity contribution in [3.63, 3.8) is 0 Å². The van der Waals surface area contributed by atoms with Crippen molar-refractivity contribution in [1.82, 2.24) is 15.1 Å². The minimum atomic E-state index is -0.491. The van der Waals surface area contributed by atoms with Crippen LogP contribution in [0, 0.1) is 0 Å². The van der Waals surface area contributed by atoms with Gasteiger partial charge in [0.2, 0.25) is 11.8 Å². The second-order valence-electron chi connectivity index (χ2n) is 7.36. The molecule has 0 radical (unpaired) electrons. The molecule has 6 heteroatoms. The van der Waals surface area contributed by atoms with Crippen molar-refractivity contribution in [2.45, 2.75) is 32.2 Å². The number of hydrogen-bond acceptors (Lipinski definition) is 4. The maximum Gasteiger partial charge on any atom is 0.242 e. The normalized spacial score (nSPS) is 20.4. The van der Waals surface area contributed by atoms with Crippen molar-refractivity contribution >= 4 is 17.5 Å². The van der Waals surface area contributed by atoms with E-state index in [4.69, 9.17) is 0 Å². The highest BCUT2D eigenvalue weighted by atomic mass is 16.2. The van der Waals surface area contributed by atoms with Gasteiger partial charge in [-0.05, 0) is 38.4 Å². The Morgan fingerprint density at radius 1 is 1.15 bits per heavy atom. The maximum atomic E-state index is 12.7. The van der Waals surface area contributed by atoms with E-state index in [-0.39, 0.29) is 11.8 Å². The summed E-state index contributed by atoms with van der Waals surface area (Å²) in [6.07, 6.45) is 2.22. The van der Waals surface area contributed by atoms with Crippen molar-refractivity contribution in [2.24, 2.45) is 0 Å². The molecule has 2 heterocycles. The van der Waals surface area contributed by atoms with E-state index in [2.05, 4.69) is 28.2 Å². The molecule has 2 amide bonds. The number of para-hydroxylation sites is 1. The molecule has 1 aromatic carbocycles. The average molecular weight is 358 g/mol. The van der Waals surface area contributed by atoms with Crippen LogP contribution in [0.5, 0.6) is 0 Å². The molecule has 142 valence electrons. The van der Waals surface area contributed by atoms with Gasteiger partial charge in [0, 0.05) is 51.4 Å².